The molecule has 0 bridgehead atoms. The fourth-order valence-corrected chi connectivity index (χ4v) is 2.70. The molecule has 8 heteroatoms. The number of hydrogen-bond donors (Lipinski definition) is 1. The van der Waals surface area contributed by atoms with Crippen molar-refractivity contribution in [1.29, 1.82) is 0 Å². The molecule has 0 saturated carbocycles. The molecule has 0 saturated heterocycles. The van der Waals surface area contributed by atoms with Crippen LogP contribution in [0.2, 0.25) is 0 Å². The van der Waals surface area contributed by atoms with E-state index in [1.807, 2.05) is 35.7 Å². The Bertz CT molecular complexity index is 830. The SMILES string of the molecule is F[B-](F)(F)c1ccc(C=NNc2nc(-c3ccccc3)cs2)cc1. The highest BCUT2D eigenvalue weighted by Crippen LogP contribution is 2.24. The lowest BCUT2D eigenvalue weighted by atomic mass is 9.80. The van der Waals surface area contributed by atoms with Gasteiger partial charge < -0.3 is 12.9 Å². The molecule has 24 heavy (non-hydrogen) atoms. The minimum Gasteiger partial charge on any atom is -0.445 e. The predicted octanol–water partition coefficient (Wildman–Crippen LogP) is 4.31. The van der Waals surface area contributed by atoms with E-state index in [-0.39, 0.29) is 0 Å². The number of thiazole rings is 1. The predicted molar refractivity (Wildman–Crippen MR) is 93.9 cm³/mol. The Hall–Kier alpha value is -2.61. The molecule has 122 valence electrons. The number of nitrogens with one attached hydrogen (secondary N) is 1. The van der Waals surface area contributed by atoms with Crippen LogP contribution in [0.4, 0.5) is 18.1 Å². The Morgan fingerprint density at radius 3 is 2.38 bits per heavy atom. The Balaban J connectivity index is 1.64. The van der Waals surface area contributed by atoms with E-state index in [4.69, 9.17) is 0 Å². The molecule has 0 spiro atoms. The number of hydrazone groups is 1. The van der Waals surface area contributed by atoms with Gasteiger partial charge >= 0.3 is 6.98 Å². The van der Waals surface area contributed by atoms with Crippen LogP contribution in [0.25, 0.3) is 11.3 Å². The van der Waals surface area contributed by atoms with Crippen molar-refractivity contribution >= 4 is 35.1 Å². The van der Waals surface area contributed by atoms with Gasteiger partial charge in [0.25, 0.3) is 0 Å². The highest BCUT2D eigenvalue weighted by molar-refractivity contribution is 7.14. The zero-order valence-corrected chi connectivity index (χ0v) is 13.2. The molecule has 3 nitrogen and oxygen atoms in total. The van der Waals surface area contributed by atoms with Gasteiger partial charge in [0.1, 0.15) is 0 Å². The van der Waals surface area contributed by atoms with Crippen molar-refractivity contribution in [2.45, 2.75) is 0 Å². The average molecular weight is 346 g/mol. The first-order valence-corrected chi connectivity index (χ1v) is 8.00. The smallest absolute Gasteiger partial charge is 0.445 e. The van der Waals surface area contributed by atoms with Crippen molar-refractivity contribution in [1.82, 2.24) is 4.98 Å². The molecule has 0 aliphatic carbocycles. The van der Waals surface area contributed by atoms with Gasteiger partial charge in [-0.25, -0.2) is 4.98 Å². The molecular formula is C16H12BF3N3S-. The van der Waals surface area contributed by atoms with Crippen LogP contribution in [0.1, 0.15) is 5.56 Å². The van der Waals surface area contributed by atoms with Gasteiger partial charge in [0.2, 0.25) is 5.13 Å². The maximum atomic E-state index is 12.5. The molecule has 0 unspecified atom stereocenters. The number of rotatable bonds is 5. The number of anilines is 1. The third-order valence-electron chi connectivity index (χ3n) is 3.26. The first kappa shape index (κ1) is 16.3. The summed E-state index contributed by atoms with van der Waals surface area (Å²) in [5.74, 6) is 0. The number of hydrogen-bond acceptors (Lipinski definition) is 4. The summed E-state index contributed by atoms with van der Waals surface area (Å²) in [7, 11) is 0. The van der Waals surface area contributed by atoms with Gasteiger partial charge in [0.15, 0.2) is 0 Å². The summed E-state index contributed by atoms with van der Waals surface area (Å²) in [6, 6.07) is 14.6. The monoisotopic (exact) mass is 346 g/mol. The third kappa shape index (κ3) is 4.02. The van der Waals surface area contributed by atoms with Crippen molar-refractivity contribution in [3.63, 3.8) is 0 Å². The molecule has 0 aliphatic rings. The second-order valence-electron chi connectivity index (χ2n) is 5.02. The fourth-order valence-electron chi connectivity index (χ4n) is 2.03. The zero-order valence-electron chi connectivity index (χ0n) is 12.4. The molecule has 2 aromatic carbocycles. The van der Waals surface area contributed by atoms with Crippen molar-refractivity contribution in [3.05, 3.63) is 65.5 Å². The summed E-state index contributed by atoms with van der Waals surface area (Å²) in [6.07, 6.45) is 1.46. The fraction of sp³-hybridized carbons (Fsp3) is 0. The Morgan fingerprint density at radius 1 is 1.00 bits per heavy atom. The quantitative estimate of drug-likeness (QED) is 0.425. The molecule has 1 heterocycles. The Kier molecular flexibility index (Phi) is 4.66. The van der Waals surface area contributed by atoms with E-state index in [9.17, 15) is 12.9 Å². The summed E-state index contributed by atoms with van der Waals surface area (Å²) in [4.78, 5) is 4.41. The van der Waals surface area contributed by atoms with Gasteiger partial charge in [-0.1, -0.05) is 54.6 Å². The number of aromatic nitrogens is 1. The number of nitrogens with zero attached hydrogens (tertiary/aromatic N) is 2. The van der Waals surface area contributed by atoms with Crippen LogP contribution in [0, 0.1) is 0 Å². The lowest BCUT2D eigenvalue weighted by molar-refractivity contribution is 0.501. The van der Waals surface area contributed by atoms with Gasteiger partial charge in [-0.3, -0.25) is 5.43 Å². The van der Waals surface area contributed by atoms with Crippen LogP contribution in [-0.4, -0.2) is 18.2 Å². The van der Waals surface area contributed by atoms with Crippen LogP contribution in [0.15, 0.2) is 65.1 Å². The lowest BCUT2D eigenvalue weighted by Crippen LogP contribution is -2.33. The highest BCUT2D eigenvalue weighted by Gasteiger charge is 2.24. The zero-order chi connectivity index (χ0) is 17.0. The van der Waals surface area contributed by atoms with Crippen LogP contribution in [0.5, 0.6) is 0 Å². The average Bonchev–Trinajstić information content (AvgIpc) is 3.04. The van der Waals surface area contributed by atoms with Crippen LogP contribution in [0.3, 0.4) is 0 Å². The van der Waals surface area contributed by atoms with Crippen molar-refractivity contribution in [2.75, 3.05) is 5.43 Å². The van der Waals surface area contributed by atoms with Gasteiger partial charge in [-0.2, -0.15) is 5.10 Å². The van der Waals surface area contributed by atoms with Gasteiger partial charge in [0.05, 0.1) is 11.9 Å². The van der Waals surface area contributed by atoms with E-state index in [0.29, 0.717) is 10.7 Å². The lowest BCUT2D eigenvalue weighted by Gasteiger charge is -2.14. The molecule has 0 fully saturated rings. The molecule has 3 aromatic rings. The summed E-state index contributed by atoms with van der Waals surface area (Å²) >= 11 is 1.40. The molecule has 0 aliphatic heterocycles. The third-order valence-corrected chi connectivity index (χ3v) is 4.01. The van der Waals surface area contributed by atoms with E-state index < -0.39 is 12.4 Å². The largest absolute Gasteiger partial charge is 0.509 e. The van der Waals surface area contributed by atoms with E-state index >= 15 is 0 Å². The summed E-state index contributed by atoms with van der Waals surface area (Å²) in [5, 5.41) is 6.53. The molecule has 0 amide bonds. The molecule has 1 N–H and O–H groups in total. The van der Waals surface area contributed by atoms with Gasteiger partial charge in [0, 0.05) is 10.9 Å². The van der Waals surface area contributed by atoms with Crippen LogP contribution < -0.4 is 10.9 Å². The standard InChI is InChI=1S/C16H12BF3N3S/c18-17(19,20)14-8-6-12(7-9-14)10-21-23-16-22-15(11-24-16)13-4-2-1-3-5-13/h1-11H,(H,22,23)/q-1. The Morgan fingerprint density at radius 2 is 1.71 bits per heavy atom. The summed E-state index contributed by atoms with van der Waals surface area (Å²) < 4.78 is 37.6. The summed E-state index contributed by atoms with van der Waals surface area (Å²) in [5.41, 5.74) is 4.60. The molecule has 0 radical (unpaired) electrons. The highest BCUT2D eigenvalue weighted by atomic mass is 32.1. The van der Waals surface area contributed by atoms with Crippen LogP contribution in [-0.2, 0) is 0 Å². The van der Waals surface area contributed by atoms with E-state index in [0.717, 1.165) is 23.4 Å². The molecule has 3 rings (SSSR count). The van der Waals surface area contributed by atoms with Gasteiger partial charge in [-0.15, -0.1) is 16.8 Å². The van der Waals surface area contributed by atoms with Gasteiger partial charge in [-0.05, 0) is 5.56 Å². The van der Waals surface area contributed by atoms with Crippen molar-refractivity contribution in [3.8, 4) is 11.3 Å². The summed E-state index contributed by atoms with van der Waals surface area (Å²) in [6.45, 7) is -4.96. The minimum atomic E-state index is -4.96. The Labute approximate surface area is 140 Å². The van der Waals surface area contributed by atoms with Crippen molar-refractivity contribution < 1.29 is 12.9 Å². The van der Waals surface area contributed by atoms with E-state index in [1.54, 1.807) is 0 Å². The second kappa shape index (κ2) is 6.88. The second-order valence-corrected chi connectivity index (χ2v) is 5.87. The minimum absolute atomic E-state index is 0.575. The first-order chi connectivity index (χ1) is 11.5. The maximum Gasteiger partial charge on any atom is 0.509 e. The van der Waals surface area contributed by atoms with E-state index in [1.165, 1.54) is 29.7 Å². The normalized spacial score (nSPS) is 11.8. The number of halogens is 3. The van der Waals surface area contributed by atoms with Crippen molar-refractivity contribution in [2.24, 2.45) is 5.10 Å². The number of benzene rings is 2. The molecule has 1 aromatic heterocycles. The maximum absolute atomic E-state index is 12.5. The topological polar surface area (TPSA) is 37.3 Å². The molecule has 0 atom stereocenters. The van der Waals surface area contributed by atoms with E-state index in [2.05, 4.69) is 15.5 Å². The van der Waals surface area contributed by atoms with Crippen LogP contribution >= 0.6 is 11.3 Å². The molecular weight excluding hydrogens is 334 g/mol. The first-order valence-electron chi connectivity index (χ1n) is 7.12.